The highest BCUT2D eigenvalue weighted by Crippen LogP contribution is 2.22. The van der Waals surface area contributed by atoms with Gasteiger partial charge in [-0.05, 0) is 31.0 Å². The highest BCUT2D eigenvalue weighted by molar-refractivity contribution is 5.89. The Balaban J connectivity index is 2.03. The van der Waals surface area contributed by atoms with Crippen molar-refractivity contribution in [1.82, 2.24) is 5.32 Å². The highest BCUT2D eigenvalue weighted by atomic mass is 16.5. The predicted octanol–water partition coefficient (Wildman–Crippen LogP) is 2.21. The van der Waals surface area contributed by atoms with E-state index >= 15 is 0 Å². The van der Waals surface area contributed by atoms with Crippen LogP contribution < -0.4 is 5.32 Å². The van der Waals surface area contributed by atoms with Gasteiger partial charge in [-0.25, -0.2) is 4.79 Å². The summed E-state index contributed by atoms with van der Waals surface area (Å²) in [5, 5.41) is 13.2. The predicted molar refractivity (Wildman–Crippen MR) is 68.5 cm³/mol. The summed E-state index contributed by atoms with van der Waals surface area (Å²) >= 11 is 0. The molecular weight excluding hydrogens is 230 g/mol. The van der Waals surface area contributed by atoms with Gasteiger partial charge in [0.1, 0.15) is 5.75 Å². The molecule has 1 fully saturated rings. The number of rotatable bonds is 4. The normalized spacial score (nSPS) is 15.8. The first kappa shape index (κ1) is 12.9. The molecule has 0 radical (unpaired) electrons. The Morgan fingerprint density at radius 2 is 2.17 bits per heavy atom. The van der Waals surface area contributed by atoms with Crippen molar-refractivity contribution in [3.05, 3.63) is 29.3 Å². The van der Waals surface area contributed by atoms with Crippen molar-refractivity contribution in [2.45, 2.75) is 38.3 Å². The van der Waals surface area contributed by atoms with Crippen molar-refractivity contribution in [3.63, 3.8) is 0 Å². The minimum atomic E-state index is -0.378. The summed E-state index contributed by atoms with van der Waals surface area (Å²) in [6.45, 7) is 0.585. The van der Waals surface area contributed by atoms with E-state index in [1.165, 1.54) is 38.9 Å². The number of hydrogen-bond donors (Lipinski definition) is 2. The van der Waals surface area contributed by atoms with E-state index in [2.05, 4.69) is 10.1 Å². The molecule has 1 aliphatic carbocycles. The second-order valence-electron chi connectivity index (χ2n) is 4.70. The van der Waals surface area contributed by atoms with Crippen LogP contribution in [0.1, 0.15) is 41.6 Å². The summed E-state index contributed by atoms with van der Waals surface area (Å²) in [6, 6.07) is 5.33. The topological polar surface area (TPSA) is 58.6 Å². The maximum absolute atomic E-state index is 11.4. The van der Waals surface area contributed by atoms with Gasteiger partial charge in [-0.3, -0.25) is 0 Å². The first-order valence-electron chi connectivity index (χ1n) is 6.34. The average molecular weight is 249 g/mol. The van der Waals surface area contributed by atoms with E-state index in [9.17, 15) is 9.90 Å². The van der Waals surface area contributed by atoms with Crippen LogP contribution in [0.4, 0.5) is 0 Å². The number of hydrogen-bond acceptors (Lipinski definition) is 4. The summed E-state index contributed by atoms with van der Waals surface area (Å²) in [4.78, 5) is 11.4. The molecule has 0 aromatic heterocycles. The lowest BCUT2D eigenvalue weighted by Crippen LogP contribution is -2.25. The lowest BCUT2D eigenvalue weighted by Gasteiger charge is -2.13. The first-order chi connectivity index (χ1) is 8.70. The van der Waals surface area contributed by atoms with Crippen molar-refractivity contribution < 1.29 is 14.6 Å². The SMILES string of the molecule is COC(=O)c1ccc(O)c(CNC2CCCC2)c1. The van der Waals surface area contributed by atoms with Crippen molar-refractivity contribution >= 4 is 5.97 Å². The van der Waals surface area contributed by atoms with Crippen LogP contribution in [0.15, 0.2) is 18.2 Å². The third-order valence-electron chi connectivity index (χ3n) is 3.44. The minimum absolute atomic E-state index is 0.216. The molecule has 0 atom stereocenters. The number of phenols is 1. The molecule has 0 bridgehead atoms. The van der Waals surface area contributed by atoms with Crippen molar-refractivity contribution in [1.29, 1.82) is 0 Å². The molecule has 4 nitrogen and oxygen atoms in total. The zero-order chi connectivity index (χ0) is 13.0. The summed E-state index contributed by atoms with van der Waals surface area (Å²) in [7, 11) is 1.35. The zero-order valence-corrected chi connectivity index (χ0v) is 10.6. The molecule has 18 heavy (non-hydrogen) atoms. The van der Waals surface area contributed by atoms with E-state index < -0.39 is 0 Å². The minimum Gasteiger partial charge on any atom is -0.508 e. The number of carbonyl (C=O) groups is 1. The number of aromatic hydroxyl groups is 1. The van der Waals surface area contributed by atoms with Crippen LogP contribution in [0.5, 0.6) is 5.75 Å². The largest absolute Gasteiger partial charge is 0.508 e. The smallest absolute Gasteiger partial charge is 0.337 e. The fourth-order valence-corrected chi connectivity index (χ4v) is 2.36. The Bertz CT molecular complexity index is 425. The van der Waals surface area contributed by atoms with Crippen LogP contribution in [-0.2, 0) is 11.3 Å². The average Bonchev–Trinajstić information content (AvgIpc) is 2.90. The van der Waals surface area contributed by atoms with Crippen LogP contribution >= 0.6 is 0 Å². The molecule has 2 N–H and O–H groups in total. The highest BCUT2D eigenvalue weighted by Gasteiger charge is 2.15. The fraction of sp³-hybridized carbons (Fsp3) is 0.500. The molecule has 0 unspecified atom stereocenters. The second-order valence-corrected chi connectivity index (χ2v) is 4.70. The molecule has 0 saturated heterocycles. The molecule has 0 amide bonds. The van der Waals surface area contributed by atoms with E-state index in [1.54, 1.807) is 12.1 Å². The standard InChI is InChI=1S/C14H19NO3/c1-18-14(17)10-6-7-13(16)11(8-10)9-15-12-4-2-3-5-12/h6-8,12,15-16H,2-5,9H2,1H3. The van der Waals surface area contributed by atoms with Crippen LogP contribution in [0.2, 0.25) is 0 Å². The second kappa shape index (κ2) is 5.87. The van der Waals surface area contributed by atoms with Gasteiger partial charge in [0.2, 0.25) is 0 Å². The molecule has 1 aromatic rings. The van der Waals surface area contributed by atoms with Crippen LogP contribution in [-0.4, -0.2) is 24.2 Å². The number of methoxy groups -OCH3 is 1. The molecule has 1 aliphatic rings. The van der Waals surface area contributed by atoms with Gasteiger partial charge in [0.15, 0.2) is 0 Å². The number of nitrogens with one attached hydrogen (secondary N) is 1. The van der Waals surface area contributed by atoms with Gasteiger partial charge < -0.3 is 15.2 Å². The molecule has 1 aromatic carbocycles. The summed E-state index contributed by atoms with van der Waals surface area (Å²) in [5.41, 5.74) is 1.21. The zero-order valence-electron chi connectivity index (χ0n) is 10.6. The number of ether oxygens (including phenoxy) is 1. The molecule has 0 heterocycles. The van der Waals surface area contributed by atoms with E-state index in [0.717, 1.165) is 5.56 Å². The lowest BCUT2D eigenvalue weighted by atomic mass is 10.1. The summed E-state index contributed by atoms with van der Waals surface area (Å²) < 4.78 is 4.67. The Morgan fingerprint density at radius 3 is 2.83 bits per heavy atom. The molecule has 98 valence electrons. The summed E-state index contributed by atoms with van der Waals surface area (Å²) in [5.74, 6) is -0.162. The van der Waals surface area contributed by atoms with Crippen LogP contribution in [0.25, 0.3) is 0 Å². The third kappa shape index (κ3) is 3.01. The van der Waals surface area contributed by atoms with Crippen LogP contribution in [0.3, 0.4) is 0 Å². The van der Waals surface area contributed by atoms with Crippen molar-refractivity contribution in [2.24, 2.45) is 0 Å². The fourth-order valence-electron chi connectivity index (χ4n) is 2.36. The molecule has 0 spiro atoms. The Kier molecular flexibility index (Phi) is 4.20. The van der Waals surface area contributed by atoms with E-state index in [1.807, 2.05) is 0 Å². The van der Waals surface area contributed by atoms with Gasteiger partial charge in [-0.15, -0.1) is 0 Å². The van der Waals surface area contributed by atoms with E-state index in [-0.39, 0.29) is 11.7 Å². The van der Waals surface area contributed by atoms with Crippen LogP contribution in [0, 0.1) is 0 Å². The molecular formula is C14H19NO3. The number of esters is 1. The third-order valence-corrected chi connectivity index (χ3v) is 3.44. The van der Waals surface area contributed by atoms with Gasteiger partial charge in [0.25, 0.3) is 0 Å². The number of carbonyl (C=O) groups excluding carboxylic acids is 1. The Labute approximate surface area is 107 Å². The first-order valence-corrected chi connectivity index (χ1v) is 6.34. The summed E-state index contributed by atoms with van der Waals surface area (Å²) in [6.07, 6.45) is 4.92. The van der Waals surface area contributed by atoms with Gasteiger partial charge >= 0.3 is 5.97 Å². The Hall–Kier alpha value is -1.55. The van der Waals surface area contributed by atoms with Gasteiger partial charge in [0, 0.05) is 18.2 Å². The van der Waals surface area contributed by atoms with Gasteiger partial charge in [-0.2, -0.15) is 0 Å². The lowest BCUT2D eigenvalue weighted by molar-refractivity contribution is 0.0600. The maximum Gasteiger partial charge on any atom is 0.337 e. The molecule has 2 rings (SSSR count). The van der Waals surface area contributed by atoms with Crippen molar-refractivity contribution in [2.75, 3.05) is 7.11 Å². The number of phenolic OH excluding ortho intramolecular Hbond substituents is 1. The molecule has 4 heteroatoms. The molecule has 1 saturated carbocycles. The van der Waals surface area contributed by atoms with Gasteiger partial charge in [0.05, 0.1) is 12.7 Å². The van der Waals surface area contributed by atoms with Crippen molar-refractivity contribution in [3.8, 4) is 5.75 Å². The quantitative estimate of drug-likeness (QED) is 0.803. The van der Waals surface area contributed by atoms with E-state index in [4.69, 9.17) is 0 Å². The molecule has 0 aliphatic heterocycles. The maximum atomic E-state index is 11.4. The number of benzene rings is 1. The Morgan fingerprint density at radius 1 is 1.44 bits per heavy atom. The van der Waals surface area contributed by atoms with Gasteiger partial charge in [-0.1, -0.05) is 12.8 Å². The van der Waals surface area contributed by atoms with E-state index in [0.29, 0.717) is 18.2 Å². The monoisotopic (exact) mass is 249 g/mol.